The predicted molar refractivity (Wildman–Crippen MR) is 162 cm³/mol. The van der Waals surface area contributed by atoms with E-state index in [1.54, 1.807) is 30.3 Å². The van der Waals surface area contributed by atoms with E-state index >= 15 is 0 Å². The van der Waals surface area contributed by atoms with Crippen molar-refractivity contribution in [3.05, 3.63) is 48.2 Å². The molecule has 2 saturated heterocycles. The first kappa shape index (κ1) is 31.0. The number of benzene rings is 2. The predicted octanol–water partition coefficient (Wildman–Crippen LogP) is 5.13. The average molecular weight is 619 g/mol. The Balaban J connectivity index is 1.32. The van der Waals surface area contributed by atoms with Gasteiger partial charge in [-0.05, 0) is 61.9 Å². The van der Waals surface area contributed by atoms with Crippen molar-refractivity contribution < 1.29 is 31.1 Å². The minimum absolute atomic E-state index is 0.0672. The van der Waals surface area contributed by atoms with Crippen LogP contribution in [0.2, 0.25) is 0 Å². The van der Waals surface area contributed by atoms with E-state index in [0.717, 1.165) is 63.9 Å². The maximum atomic E-state index is 13.6. The first-order valence-corrected chi connectivity index (χ1v) is 16.3. The van der Waals surface area contributed by atoms with Crippen molar-refractivity contribution in [1.29, 1.82) is 0 Å². The molecule has 43 heavy (non-hydrogen) atoms. The van der Waals surface area contributed by atoms with Crippen LogP contribution in [0.15, 0.2) is 47.4 Å². The number of fused-ring (bicyclic) bond motifs is 1. The molecule has 8 nitrogen and oxygen atoms in total. The van der Waals surface area contributed by atoms with Gasteiger partial charge in [0.1, 0.15) is 17.2 Å². The van der Waals surface area contributed by atoms with Crippen LogP contribution in [0.25, 0.3) is 10.9 Å². The molecule has 0 amide bonds. The van der Waals surface area contributed by atoms with Crippen LogP contribution in [0.4, 0.5) is 24.5 Å². The van der Waals surface area contributed by atoms with E-state index in [2.05, 4.69) is 27.4 Å². The van der Waals surface area contributed by atoms with E-state index < -0.39 is 22.6 Å². The fourth-order valence-corrected chi connectivity index (χ4v) is 6.73. The lowest BCUT2D eigenvalue weighted by molar-refractivity contribution is -0.140. The number of aromatic nitrogens is 1. The minimum atomic E-state index is -4.42. The van der Waals surface area contributed by atoms with Crippen LogP contribution in [0.5, 0.6) is 5.75 Å². The number of hydrogen-bond acceptors (Lipinski definition) is 7. The second-order valence-corrected chi connectivity index (χ2v) is 13.0. The summed E-state index contributed by atoms with van der Waals surface area (Å²) < 4.78 is 76.7. The van der Waals surface area contributed by atoms with Crippen LogP contribution in [0.1, 0.15) is 31.4 Å². The van der Waals surface area contributed by atoms with Gasteiger partial charge in [-0.25, -0.2) is 8.42 Å². The van der Waals surface area contributed by atoms with Gasteiger partial charge in [-0.3, -0.25) is 0 Å². The third-order valence-electron chi connectivity index (χ3n) is 8.04. The summed E-state index contributed by atoms with van der Waals surface area (Å²) >= 11 is 0. The third-order valence-corrected chi connectivity index (χ3v) is 9.18. The van der Waals surface area contributed by atoms with Gasteiger partial charge in [-0.1, -0.05) is 12.0 Å². The number of likely N-dealkylation sites (tertiary alicyclic amines) is 1. The van der Waals surface area contributed by atoms with Crippen molar-refractivity contribution in [3.8, 4) is 17.6 Å². The maximum Gasteiger partial charge on any atom is 0.406 e. The standard InChI is InChI=1S/C31H37F3N4O4S/c1-41-29-19-23(8-9-30(29)43(2,39)40)35-14-4-5-25-20-26-27(6-3-7-28(26)38(25)21-31(32,33)34)36-22-10-15-37(16-11-22)24-12-17-42-18-13-24/h3,6-9,19-20,22,24,35-36H,10-18,21H2,1-2H3. The Morgan fingerprint density at radius 3 is 2.49 bits per heavy atom. The number of sulfone groups is 1. The van der Waals surface area contributed by atoms with Gasteiger partial charge in [0.2, 0.25) is 0 Å². The molecule has 2 N–H and O–H groups in total. The minimum Gasteiger partial charge on any atom is -0.495 e. The number of hydrogen-bond donors (Lipinski definition) is 2. The van der Waals surface area contributed by atoms with Crippen LogP contribution < -0.4 is 15.4 Å². The van der Waals surface area contributed by atoms with E-state index in [4.69, 9.17) is 9.47 Å². The molecule has 2 fully saturated rings. The van der Waals surface area contributed by atoms with E-state index in [0.29, 0.717) is 22.6 Å². The molecule has 5 rings (SSSR count). The van der Waals surface area contributed by atoms with Crippen molar-refractivity contribution in [2.75, 3.05) is 56.8 Å². The molecule has 0 bridgehead atoms. The van der Waals surface area contributed by atoms with Gasteiger partial charge in [-0.15, -0.1) is 0 Å². The van der Waals surface area contributed by atoms with Gasteiger partial charge in [0, 0.05) is 67.5 Å². The van der Waals surface area contributed by atoms with Gasteiger partial charge < -0.3 is 29.6 Å². The molecule has 2 aliphatic rings. The normalized spacial score (nSPS) is 17.4. The summed E-state index contributed by atoms with van der Waals surface area (Å²) in [6, 6.07) is 12.5. The summed E-state index contributed by atoms with van der Waals surface area (Å²) in [5.41, 5.74) is 2.12. The van der Waals surface area contributed by atoms with Gasteiger partial charge in [0.05, 0.1) is 24.9 Å². The number of alkyl halides is 3. The highest BCUT2D eigenvalue weighted by Crippen LogP contribution is 2.32. The Morgan fingerprint density at radius 1 is 1.07 bits per heavy atom. The Kier molecular flexibility index (Phi) is 9.44. The number of methoxy groups -OCH3 is 1. The second-order valence-electron chi connectivity index (χ2n) is 11.1. The Bertz CT molecular complexity index is 1600. The molecule has 0 spiro atoms. The molecular formula is C31H37F3N4O4S. The zero-order chi connectivity index (χ0) is 30.6. The van der Waals surface area contributed by atoms with Crippen molar-refractivity contribution in [2.45, 2.75) is 55.4 Å². The summed E-state index contributed by atoms with van der Waals surface area (Å²) in [6.07, 6.45) is 0.733. The van der Waals surface area contributed by atoms with Gasteiger partial charge >= 0.3 is 6.18 Å². The number of halogens is 3. The summed E-state index contributed by atoms with van der Waals surface area (Å²) in [6.45, 7) is 2.58. The number of rotatable bonds is 8. The topological polar surface area (TPSA) is 84.8 Å². The number of anilines is 2. The molecule has 0 aliphatic carbocycles. The second kappa shape index (κ2) is 13.1. The molecule has 0 atom stereocenters. The van der Waals surface area contributed by atoms with Gasteiger partial charge in [-0.2, -0.15) is 13.2 Å². The highest BCUT2D eigenvalue weighted by Gasteiger charge is 2.30. The third kappa shape index (κ3) is 7.77. The summed E-state index contributed by atoms with van der Waals surface area (Å²) in [5, 5.41) is 7.37. The Morgan fingerprint density at radius 2 is 1.81 bits per heavy atom. The summed E-state index contributed by atoms with van der Waals surface area (Å²) in [5.74, 6) is 6.02. The van der Waals surface area contributed by atoms with Crippen LogP contribution in [-0.4, -0.2) is 82.4 Å². The van der Waals surface area contributed by atoms with E-state index in [1.165, 1.54) is 17.7 Å². The van der Waals surface area contributed by atoms with Crippen LogP contribution in [-0.2, 0) is 21.1 Å². The lowest BCUT2D eigenvalue weighted by Gasteiger charge is -2.39. The Hall–Kier alpha value is -3.40. The summed E-state index contributed by atoms with van der Waals surface area (Å²) in [7, 11) is -2.08. The number of ether oxygens (including phenoxy) is 2. The van der Waals surface area contributed by atoms with Crippen molar-refractivity contribution >= 4 is 32.1 Å². The molecule has 0 radical (unpaired) electrons. The van der Waals surface area contributed by atoms with Crippen molar-refractivity contribution in [1.82, 2.24) is 9.47 Å². The van der Waals surface area contributed by atoms with Gasteiger partial charge in [0.15, 0.2) is 9.84 Å². The first-order valence-electron chi connectivity index (χ1n) is 14.4. The monoisotopic (exact) mass is 618 g/mol. The SMILES string of the molecule is COc1cc(NCC#Cc2cc3c(NC4CCN(C5CCOCC5)CC4)cccc3n2CC(F)(F)F)ccc1S(C)(=O)=O. The molecule has 3 heterocycles. The highest BCUT2D eigenvalue weighted by molar-refractivity contribution is 7.90. The van der Waals surface area contributed by atoms with Crippen LogP contribution in [0.3, 0.4) is 0 Å². The zero-order valence-electron chi connectivity index (χ0n) is 24.3. The lowest BCUT2D eigenvalue weighted by atomic mass is 9.99. The lowest BCUT2D eigenvalue weighted by Crippen LogP contribution is -2.46. The molecule has 0 unspecified atom stereocenters. The number of nitrogens with zero attached hydrogens (tertiary/aromatic N) is 2. The largest absolute Gasteiger partial charge is 0.495 e. The van der Waals surface area contributed by atoms with Crippen LogP contribution >= 0.6 is 0 Å². The fourth-order valence-electron chi connectivity index (χ4n) is 5.91. The van der Waals surface area contributed by atoms with E-state index in [9.17, 15) is 21.6 Å². The molecule has 0 saturated carbocycles. The number of nitrogens with one attached hydrogen (secondary N) is 2. The van der Waals surface area contributed by atoms with Crippen LogP contribution in [0, 0.1) is 11.8 Å². The average Bonchev–Trinajstić information content (AvgIpc) is 3.32. The van der Waals surface area contributed by atoms with E-state index in [-0.39, 0.29) is 28.9 Å². The fraction of sp³-hybridized carbons (Fsp3) is 0.484. The van der Waals surface area contributed by atoms with E-state index in [1.807, 2.05) is 6.07 Å². The molecule has 2 aliphatic heterocycles. The van der Waals surface area contributed by atoms with Crippen molar-refractivity contribution in [2.24, 2.45) is 0 Å². The van der Waals surface area contributed by atoms with Crippen molar-refractivity contribution in [3.63, 3.8) is 0 Å². The summed E-state index contributed by atoms with van der Waals surface area (Å²) in [4.78, 5) is 2.61. The smallest absolute Gasteiger partial charge is 0.406 e. The Labute approximate surface area is 250 Å². The first-order chi connectivity index (χ1) is 20.5. The zero-order valence-corrected chi connectivity index (χ0v) is 25.2. The molecule has 2 aromatic carbocycles. The maximum absolute atomic E-state index is 13.6. The molecule has 1 aromatic heterocycles. The number of piperidine rings is 1. The molecular weight excluding hydrogens is 581 g/mol. The highest BCUT2D eigenvalue weighted by atomic mass is 32.2. The molecule has 12 heteroatoms. The molecule has 232 valence electrons. The van der Waals surface area contributed by atoms with Gasteiger partial charge in [0.25, 0.3) is 0 Å². The molecule has 3 aromatic rings. The quantitative estimate of drug-likeness (QED) is 0.339.